The number of aryl methyl sites for hydroxylation is 1. The number of carbonyl (C=O) groups is 1. The molecule has 6 aromatic rings. The Morgan fingerprint density at radius 3 is 2.72 bits per heavy atom. The van der Waals surface area contributed by atoms with Crippen molar-refractivity contribution in [2.45, 2.75) is 17.8 Å². The summed E-state index contributed by atoms with van der Waals surface area (Å²) in [7, 11) is 0. The highest BCUT2D eigenvalue weighted by Gasteiger charge is 2.12. The highest BCUT2D eigenvalue weighted by atomic mass is 79.9. The number of allylic oxidation sites excluding steroid dienone is 1. The van der Waals surface area contributed by atoms with Gasteiger partial charge >= 0.3 is 0 Å². The molecule has 0 spiro atoms. The fraction of sp³-hybridized carbons (Fsp3) is 0.0714. The van der Waals surface area contributed by atoms with E-state index in [2.05, 4.69) is 51.3 Å². The van der Waals surface area contributed by atoms with Crippen LogP contribution in [0.5, 0.6) is 0 Å². The lowest BCUT2D eigenvalue weighted by molar-refractivity contribution is 0.104. The number of halogens is 1. The number of H-pyrrole nitrogens is 1. The maximum Gasteiger partial charge on any atom is 0.255 e. The van der Waals surface area contributed by atoms with Gasteiger partial charge in [-0.2, -0.15) is 9.50 Å². The Labute approximate surface area is 236 Å². The maximum atomic E-state index is 12.6. The third-order valence-corrected chi connectivity index (χ3v) is 7.11. The van der Waals surface area contributed by atoms with E-state index in [9.17, 15) is 4.79 Å². The summed E-state index contributed by atoms with van der Waals surface area (Å²) >= 11 is 4.84. The monoisotopic (exact) mass is 596 g/mol. The van der Waals surface area contributed by atoms with Crippen LogP contribution in [0.25, 0.3) is 22.9 Å². The van der Waals surface area contributed by atoms with Gasteiger partial charge in [-0.3, -0.25) is 9.78 Å². The molecule has 6 rings (SSSR count). The Balaban J connectivity index is 1.16. The van der Waals surface area contributed by atoms with Crippen molar-refractivity contribution >= 4 is 67.9 Å². The minimum Gasteiger partial charge on any atom is -0.341 e. The van der Waals surface area contributed by atoms with Crippen LogP contribution in [0, 0.1) is 6.92 Å². The van der Waals surface area contributed by atoms with Crippen molar-refractivity contribution in [1.82, 2.24) is 34.5 Å². The van der Waals surface area contributed by atoms with Crippen LogP contribution in [0.3, 0.4) is 0 Å². The highest BCUT2D eigenvalue weighted by Crippen LogP contribution is 2.24. The number of benzene rings is 2. The molecule has 9 nitrogen and oxygen atoms in total. The summed E-state index contributed by atoms with van der Waals surface area (Å²) in [5, 5.41) is 8.63. The largest absolute Gasteiger partial charge is 0.341 e. The van der Waals surface area contributed by atoms with Crippen molar-refractivity contribution in [3.8, 4) is 0 Å². The molecule has 0 saturated carbocycles. The Kier molecular flexibility index (Phi) is 6.91. The van der Waals surface area contributed by atoms with Crippen molar-refractivity contribution < 1.29 is 4.79 Å². The molecule has 2 aromatic carbocycles. The third kappa shape index (κ3) is 5.74. The van der Waals surface area contributed by atoms with Gasteiger partial charge in [-0.15, -0.1) is 5.10 Å². The van der Waals surface area contributed by atoms with Crippen LogP contribution < -0.4 is 5.32 Å². The molecule has 0 atom stereocenters. The fourth-order valence-electron chi connectivity index (χ4n) is 3.93. The fourth-order valence-corrected chi connectivity index (χ4v) is 4.86. The van der Waals surface area contributed by atoms with E-state index in [-0.39, 0.29) is 5.78 Å². The van der Waals surface area contributed by atoms with Crippen LogP contribution >= 0.6 is 27.7 Å². The molecule has 2 N–H and O–H groups in total. The molecule has 0 radical (unpaired) electrons. The van der Waals surface area contributed by atoms with E-state index in [1.54, 1.807) is 28.9 Å². The molecule has 0 bridgehead atoms. The quantitative estimate of drug-likeness (QED) is 0.118. The number of fused-ring (bicyclic) bond motifs is 2. The number of imidazole rings is 1. The summed E-state index contributed by atoms with van der Waals surface area (Å²) in [5.74, 6) is 2.59. The number of thioether (sulfide) groups is 1. The third-order valence-electron chi connectivity index (χ3n) is 5.79. The number of pyridine rings is 1. The van der Waals surface area contributed by atoms with Gasteiger partial charge in [-0.25, -0.2) is 9.97 Å². The average molecular weight is 598 g/mol. The molecule has 0 aliphatic rings. The molecule has 0 aliphatic carbocycles. The number of hydrogen-bond acceptors (Lipinski definition) is 8. The van der Waals surface area contributed by atoms with Crippen LogP contribution in [0.2, 0.25) is 0 Å². The number of rotatable bonds is 8. The summed E-state index contributed by atoms with van der Waals surface area (Å²) in [6, 6.07) is 20.8. The van der Waals surface area contributed by atoms with Gasteiger partial charge in [0, 0.05) is 33.7 Å². The van der Waals surface area contributed by atoms with Crippen molar-refractivity contribution in [2.75, 3.05) is 5.32 Å². The van der Waals surface area contributed by atoms with Crippen molar-refractivity contribution in [3.63, 3.8) is 0 Å². The van der Waals surface area contributed by atoms with E-state index >= 15 is 0 Å². The number of anilines is 2. The van der Waals surface area contributed by atoms with Crippen LogP contribution in [0.15, 0.2) is 88.6 Å². The number of nitrogens with zero attached hydrogens (tertiary/aromatic N) is 6. The van der Waals surface area contributed by atoms with E-state index in [0.717, 1.165) is 38.5 Å². The number of aromatic amines is 1. The molecule has 4 heterocycles. The van der Waals surface area contributed by atoms with E-state index in [1.165, 1.54) is 17.8 Å². The van der Waals surface area contributed by atoms with Gasteiger partial charge in [0.25, 0.3) is 5.78 Å². The minimum atomic E-state index is -0.101. The molecule has 0 aliphatic heterocycles. The summed E-state index contributed by atoms with van der Waals surface area (Å²) in [6.07, 6.45) is 4.92. The molecule has 192 valence electrons. The first kappa shape index (κ1) is 25.0. The lowest BCUT2D eigenvalue weighted by Gasteiger charge is -2.09. The first-order valence-electron chi connectivity index (χ1n) is 12.0. The van der Waals surface area contributed by atoms with Gasteiger partial charge in [0.05, 0.1) is 22.5 Å². The zero-order valence-electron chi connectivity index (χ0n) is 20.7. The molecule has 0 saturated heterocycles. The smallest absolute Gasteiger partial charge is 0.255 e. The highest BCUT2D eigenvalue weighted by molar-refractivity contribution is 9.10. The number of aromatic nitrogens is 7. The summed E-state index contributed by atoms with van der Waals surface area (Å²) in [5.41, 5.74) is 4.85. The molecule has 0 fully saturated rings. The van der Waals surface area contributed by atoms with Gasteiger partial charge in [0.2, 0.25) is 5.16 Å². The minimum absolute atomic E-state index is 0.101. The first-order chi connectivity index (χ1) is 19.0. The van der Waals surface area contributed by atoms with Gasteiger partial charge in [0.15, 0.2) is 5.78 Å². The standard InChI is InChI=1S/C28H21BrN8OS/c1-17-14-26(32-21-9-6-18(7-10-21)24(38)13-12-20-11-8-19(29)15-30-20)37-27(31-17)35-28(36-37)39-16-25-33-22-4-2-3-5-23(22)34-25/h2-15,32H,16H2,1H3,(H,33,34)/b13-12+. The SMILES string of the molecule is Cc1cc(Nc2ccc(C(=O)/C=C/c3ccc(Br)cn3)cc2)n2nc(SCc3nc4ccccc4[nH]3)nc2n1. The second kappa shape index (κ2) is 10.8. The number of ketones is 1. The van der Waals surface area contributed by atoms with Gasteiger partial charge in [0.1, 0.15) is 11.6 Å². The zero-order valence-corrected chi connectivity index (χ0v) is 23.1. The van der Waals surface area contributed by atoms with Crippen molar-refractivity contribution in [3.05, 3.63) is 106 Å². The average Bonchev–Trinajstić information content (AvgIpc) is 3.55. The number of para-hydroxylation sites is 2. The number of hydrogen-bond donors (Lipinski definition) is 2. The van der Waals surface area contributed by atoms with Crippen molar-refractivity contribution in [2.24, 2.45) is 0 Å². The van der Waals surface area contributed by atoms with E-state index in [1.807, 2.05) is 61.5 Å². The normalized spacial score (nSPS) is 11.5. The van der Waals surface area contributed by atoms with Crippen LogP contribution in [-0.2, 0) is 5.75 Å². The Hall–Kier alpha value is -4.35. The van der Waals surface area contributed by atoms with E-state index in [4.69, 9.17) is 0 Å². The second-order valence-corrected chi connectivity index (χ2v) is 10.5. The molecule has 0 amide bonds. The summed E-state index contributed by atoms with van der Waals surface area (Å²) in [4.78, 5) is 33.9. The predicted molar refractivity (Wildman–Crippen MR) is 156 cm³/mol. The molecular formula is C28H21BrN8OS. The Morgan fingerprint density at radius 1 is 1.08 bits per heavy atom. The van der Waals surface area contributed by atoms with Crippen LogP contribution in [0.4, 0.5) is 11.5 Å². The Morgan fingerprint density at radius 2 is 1.92 bits per heavy atom. The molecule has 39 heavy (non-hydrogen) atoms. The molecular weight excluding hydrogens is 576 g/mol. The lowest BCUT2D eigenvalue weighted by Crippen LogP contribution is -2.03. The van der Waals surface area contributed by atoms with E-state index in [0.29, 0.717) is 27.9 Å². The molecule has 11 heteroatoms. The summed E-state index contributed by atoms with van der Waals surface area (Å²) < 4.78 is 2.57. The van der Waals surface area contributed by atoms with Crippen LogP contribution in [0.1, 0.15) is 27.6 Å². The Bertz CT molecular complexity index is 1790. The second-order valence-electron chi connectivity index (χ2n) is 8.68. The maximum absolute atomic E-state index is 12.6. The number of carbonyl (C=O) groups excluding carboxylic acids is 1. The van der Waals surface area contributed by atoms with Crippen molar-refractivity contribution in [1.29, 1.82) is 0 Å². The topological polar surface area (TPSA) is 114 Å². The molecule has 0 unspecified atom stereocenters. The summed E-state index contributed by atoms with van der Waals surface area (Å²) in [6.45, 7) is 1.91. The van der Waals surface area contributed by atoms with Gasteiger partial charge in [-0.05, 0) is 83.5 Å². The van der Waals surface area contributed by atoms with E-state index < -0.39 is 0 Å². The molecule has 4 aromatic heterocycles. The van der Waals surface area contributed by atoms with Crippen LogP contribution in [-0.4, -0.2) is 40.3 Å². The predicted octanol–water partition coefficient (Wildman–Crippen LogP) is 6.40. The lowest BCUT2D eigenvalue weighted by atomic mass is 10.1. The first-order valence-corrected chi connectivity index (χ1v) is 13.8. The van der Waals surface area contributed by atoms with Gasteiger partial charge in [-0.1, -0.05) is 23.9 Å². The zero-order chi connectivity index (χ0) is 26.8. The van der Waals surface area contributed by atoms with Gasteiger partial charge < -0.3 is 10.3 Å². The number of nitrogens with one attached hydrogen (secondary N) is 2.